The lowest BCUT2D eigenvalue weighted by molar-refractivity contribution is -0.118. The van der Waals surface area contributed by atoms with Crippen molar-refractivity contribution < 1.29 is 17.6 Å². The molecule has 0 saturated heterocycles. The molecule has 0 unspecified atom stereocenters. The molecule has 0 bridgehead atoms. The number of nitrogen functional groups attached to an aromatic ring is 1. The molecule has 1 amide bonds. The molecule has 94 valence electrons. The van der Waals surface area contributed by atoms with Crippen LogP contribution >= 0.6 is 0 Å². The van der Waals surface area contributed by atoms with Gasteiger partial charge in [0.25, 0.3) is 0 Å². The molecule has 8 heteroatoms. The molecule has 0 aromatic heterocycles. The summed E-state index contributed by atoms with van der Waals surface area (Å²) >= 11 is 0. The summed E-state index contributed by atoms with van der Waals surface area (Å²) in [4.78, 5) is 10.3. The maximum Gasteiger partial charge on any atom is 0.243 e. The number of halogens is 1. The molecule has 0 aliphatic carbocycles. The van der Waals surface area contributed by atoms with Gasteiger partial charge in [-0.1, -0.05) is 0 Å². The highest BCUT2D eigenvalue weighted by Gasteiger charge is 2.23. The highest BCUT2D eigenvalue weighted by atomic mass is 32.2. The largest absolute Gasteiger partial charge is 0.399 e. The lowest BCUT2D eigenvalue weighted by Gasteiger charge is -2.15. The molecule has 6 nitrogen and oxygen atoms in total. The number of nitrogens with two attached hydrogens (primary N) is 2. The first-order valence-corrected chi connectivity index (χ1v) is 5.98. The van der Waals surface area contributed by atoms with Crippen LogP contribution in [0.15, 0.2) is 23.1 Å². The fourth-order valence-corrected chi connectivity index (χ4v) is 2.42. The normalized spacial score (nSPS) is 11.7. The second-order valence-corrected chi connectivity index (χ2v) is 5.49. The molecule has 0 aliphatic rings. The predicted molar refractivity (Wildman–Crippen MR) is 59.8 cm³/mol. The van der Waals surface area contributed by atoms with Crippen LogP contribution < -0.4 is 11.5 Å². The first-order valence-electron chi connectivity index (χ1n) is 4.54. The van der Waals surface area contributed by atoms with E-state index in [0.29, 0.717) is 0 Å². The number of carbonyl (C=O) groups excluding carboxylic acids is 1. The number of nitrogens with zero attached hydrogens (tertiary/aromatic N) is 1. The number of hydrogen-bond acceptors (Lipinski definition) is 4. The fourth-order valence-electron chi connectivity index (χ4n) is 1.22. The number of rotatable bonds is 4. The lowest BCUT2D eigenvalue weighted by atomic mass is 10.3. The van der Waals surface area contributed by atoms with E-state index in [1.54, 1.807) is 0 Å². The topological polar surface area (TPSA) is 106 Å². The maximum atomic E-state index is 13.0. The summed E-state index contributed by atoms with van der Waals surface area (Å²) in [6.45, 7) is -0.487. The smallest absolute Gasteiger partial charge is 0.243 e. The van der Waals surface area contributed by atoms with Crippen molar-refractivity contribution in [2.45, 2.75) is 4.90 Å². The molecular formula is C9H12FN3O3S. The quantitative estimate of drug-likeness (QED) is 0.713. The summed E-state index contributed by atoms with van der Waals surface area (Å²) in [7, 11) is -2.80. The standard InChI is InChI=1S/C9H12FN3O3S/c1-13(5-9(12)14)17(15,16)8-3-6(10)2-7(11)4-8/h2-4H,5,11H2,1H3,(H2,12,14). The van der Waals surface area contributed by atoms with Gasteiger partial charge in [0.2, 0.25) is 15.9 Å². The Morgan fingerprint density at radius 3 is 2.47 bits per heavy atom. The van der Waals surface area contributed by atoms with Gasteiger partial charge in [-0.2, -0.15) is 4.31 Å². The highest BCUT2D eigenvalue weighted by Crippen LogP contribution is 2.18. The van der Waals surface area contributed by atoms with Crippen molar-refractivity contribution in [3.63, 3.8) is 0 Å². The van der Waals surface area contributed by atoms with Gasteiger partial charge in [0.15, 0.2) is 0 Å². The van der Waals surface area contributed by atoms with Crippen molar-refractivity contribution in [3.8, 4) is 0 Å². The zero-order valence-electron chi connectivity index (χ0n) is 9.05. The minimum Gasteiger partial charge on any atom is -0.399 e. The average Bonchev–Trinajstić information content (AvgIpc) is 2.14. The van der Waals surface area contributed by atoms with Crippen molar-refractivity contribution in [2.75, 3.05) is 19.3 Å². The molecular weight excluding hydrogens is 249 g/mol. The molecule has 0 fully saturated rings. The van der Waals surface area contributed by atoms with Crippen LogP contribution in [0, 0.1) is 5.82 Å². The average molecular weight is 261 g/mol. The molecule has 0 heterocycles. The molecule has 17 heavy (non-hydrogen) atoms. The van der Waals surface area contributed by atoms with E-state index >= 15 is 0 Å². The van der Waals surface area contributed by atoms with Gasteiger partial charge in [-0.15, -0.1) is 0 Å². The second-order valence-electron chi connectivity index (χ2n) is 3.45. The third-order valence-electron chi connectivity index (χ3n) is 1.98. The summed E-state index contributed by atoms with van der Waals surface area (Å²) in [5, 5.41) is 0. The van der Waals surface area contributed by atoms with Crippen LogP contribution in [0.5, 0.6) is 0 Å². The fraction of sp³-hybridized carbons (Fsp3) is 0.222. The van der Waals surface area contributed by atoms with E-state index in [2.05, 4.69) is 0 Å². The van der Waals surface area contributed by atoms with Gasteiger partial charge >= 0.3 is 0 Å². The van der Waals surface area contributed by atoms with Crippen LogP contribution in [0.3, 0.4) is 0 Å². The van der Waals surface area contributed by atoms with Crippen molar-refractivity contribution in [1.82, 2.24) is 4.31 Å². The Labute approximate surface area is 98.1 Å². The van der Waals surface area contributed by atoms with E-state index in [4.69, 9.17) is 11.5 Å². The maximum absolute atomic E-state index is 13.0. The number of amides is 1. The first kappa shape index (κ1) is 13.4. The molecule has 1 aromatic rings. The van der Waals surface area contributed by atoms with Gasteiger partial charge in [-0.3, -0.25) is 4.79 Å². The van der Waals surface area contributed by atoms with Crippen LogP contribution in [-0.2, 0) is 14.8 Å². The van der Waals surface area contributed by atoms with E-state index in [-0.39, 0.29) is 10.6 Å². The number of benzene rings is 1. The predicted octanol–water partition coefficient (Wildman–Crippen LogP) is -0.486. The van der Waals surface area contributed by atoms with Gasteiger partial charge < -0.3 is 11.5 Å². The Morgan fingerprint density at radius 1 is 1.41 bits per heavy atom. The number of hydrogen-bond donors (Lipinski definition) is 2. The molecule has 0 saturated carbocycles. The van der Waals surface area contributed by atoms with E-state index in [0.717, 1.165) is 22.5 Å². The van der Waals surface area contributed by atoms with Crippen molar-refractivity contribution in [2.24, 2.45) is 5.73 Å². The Kier molecular flexibility index (Phi) is 3.69. The molecule has 0 aliphatic heterocycles. The number of anilines is 1. The Bertz CT molecular complexity index is 524. The molecule has 4 N–H and O–H groups in total. The Hall–Kier alpha value is -1.67. The third kappa shape index (κ3) is 3.14. The van der Waals surface area contributed by atoms with Crippen LogP contribution in [0.4, 0.5) is 10.1 Å². The van der Waals surface area contributed by atoms with Crippen LogP contribution in [0.25, 0.3) is 0 Å². The van der Waals surface area contributed by atoms with Gasteiger partial charge in [0.1, 0.15) is 5.82 Å². The number of carbonyl (C=O) groups is 1. The van der Waals surface area contributed by atoms with E-state index in [1.165, 1.54) is 7.05 Å². The lowest BCUT2D eigenvalue weighted by Crippen LogP contribution is -2.35. The highest BCUT2D eigenvalue weighted by molar-refractivity contribution is 7.89. The number of likely N-dealkylation sites (N-methyl/N-ethyl adjacent to an activating group) is 1. The zero-order valence-corrected chi connectivity index (χ0v) is 9.87. The molecule has 1 aromatic carbocycles. The van der Waals surface area contributed by atoms with Gasteiger partial charge in [-0.25, -0.2) is 12.8 Å². The Morgan fingerprint density at radius 2 is 2.00 bits per heavy atom. The van der Waals surface area contributed by atoms with Crippen LogP contribution in [0.1, 0.15) is 0 Å². The van der Waals surface area contributed by atoms with E-state index in [9.17, 15) is 17.6 Å². The summed E-state index contributed by atoms with van der Waals surface area (Å²) < 4.78 is 37.5. The summed E-state index contributed by atoms with van der Waals surface area (Å²) in [5.74, 6) is -1.57. The molecule has 1 rings (SSSR count). The monoisotopic (exact) mass is 261 g/mol. The minimum absolute atomic E-state index is 0.0175. The van der Waals surface area contributed by atoms with Crippen molar-refractivity contribution in [3.05, 3.63) is 24.0 Å². The van der Waals surface area contributed by atoms with Gasteiger partial charge in [0, 0.05) is 12.7 Å². The molecule has 0 atom stereocenters. The van der Waals surface area contributed by atoms with Crippen LogP contribution in [0.2, 0.25) is 0 Å². The molecule has 0 spiro atoms. The van der Waals surface area contributed by atoms with Crippen molar-refractivity contribution >= 4 is 21.6 Å². The summed E-state index contributed by atoms with van der Waals surface area (Å²) in [6, 6.07) is 2.92. The molecule has 0 radical (unpaired) electrons. The summed E-state index contributed by atoms with van der Waals surface area (Å²) in [5.41, 5.74) is 10.2. The van der Waals surface area contributed by atoms with Gasteiger partial charge in [0.05, 0.1) is 11.4 Å². The second kappa shape index (κ2) is 4.68. The van der Waals surface area contributed by atoms with Gasteiger partial charge in [-0.05, 0) is 18.2 Å². The number of primary amides is 1. The SMILES string of the molecule is CN(CC(N)=O)S(=O)(=O)c1cc(N)cc(F)c1. The Balaban J connectivity index is 3.17. The minimum atomic E-state index is -3.97. The summed E-state index contributed by atoms with van der Waals surface area (Å²) in [6.07, 6.45) is 0. The van der Waals surface area contributed by atoms with E-state index in [1.807, 2.05) is 0 Å². The van der Waals surface area contributed by atoms with E-state index < -0.39 is 28.3 Å². The van der Waals surface area contributed by atoms with Crippen LogP contribution in [-0.4, -0.2) is 32.2 Å². The van der Waals surface area contributed by atoms with Crippen molar-refractivity contribution in [1.29, 1.82) is 0 Å². The zero-order chi connectivity index (χ0) is 13.2. The first-order chi connectivity index (χ1) is 7.73. The third-order valence-corrected chi connectivity index (χ3v) is 3.76. The number of sulfonamides is 1.